The third kappa shape index (κ3) is 2.62. The van der Waals surface area contributed by atoms with Crippen molar-refractivity contribution in [3.63, 3.8) is 0 Å². The lowest BCUT2D eigenvalue weighted by Gasteiger charge is -2.15. The van der Waals surface area contributed by atoms with Gasteiger partial charge in [0.15, 0.2) is 0 Å². The molecule has 1 fully saturated rings. The van der Waals surface area contributed by atoms with Gasteiger partial charge in [-0.25, -0.2) is 0 Å². The maximum Gasteiger partial charge on any atom is 0.421 e. The van der Waals surface area contributed by atoms with Gasteiger partial charge in [-0.15, -0.1) is 0 Å². The number of hydrogen-bond acceptors (Lipinski definition) is 2. The van der Waals surface area contributed by atoms with Crippen LogP contribution >= 0.6 is 0 Å². The van der Waals surface area contributed by atoms with Crippen LogP contribution < -0.4 is 5.11 Å². The van der Waals surface area contributed by atoms with E-state index < -0.39 is 41.1 Å². The molecule has 18 heavy (non-hydrogen) atoms. The van der Waals surface area contributed by atoms with Crippen LogP contribution in [0.5, 0.6) is 0 Å². The van der Waals surface area contributed by atoms with Crippen LogP contribution in [0.4, 0.5) is 26.3 Å². The van der Waals surface area contributed by atoms with Gasteiger partial charge in [-0.05, 0) is 11.3 Å². The van der Waals surface area contributed by atoms with E-state index in [4.69, 9.17) is 0 Å². The van der Waals surface area contributed by atoms with Crippen LogP contribution in [-0.2, 0) is 4.79 Å². The smallest absolute Gasteiger partial charge is 0.421 e. The Kier molecular flexibility index (Phi) is 3.21. The summed E-state index contributed by atoms with van der Waals surface area (Å²) >= 11 is 0. The number of aliphatic carboxylic acids is 1. The number of alkyl halides is 6. The molecule has 2 atom stereocenters. The molecular weight excluding hydrogens is 266 g/mol. The molecular formula is C10H9F6O2-. The highest BCUT2D eigenvalue weighted by molar-refractivity contribution is 5.74. The molecule has 0 aromatic heterocycles. The van der Waals surface area contributed by atoms with E-state index in [-0.39, 0.29) is 6.08 Å². The molecule has 0 N–H and O–H groups in total. The van der Waals surface area contributed by atoms with E-state index in [2.05, 4.69) is 0 Å². The Morgan fingerprint density at radius 3 is 1.72 bits per heavy atom. The van der Waals surface area contributed by atoms with Gasteiger partial charge in [0, 0.05) is 11.9 Å². The fraction of sp³-hybridized carbons (Fsp3) is 0.700. The fourth-order valence-electron chi connectivity index (χ4n) is 1.97. The lowest BCUT2D eigenvalue weighted by Crippen LogP contribution is -2.27. The van der Waals surface area contributed by atoms with Gasteiger partial charge in [-0.3, -0.25) is 0 Å². The number of carboxylic acids is 1. The third-order valence-electron chi connectivity index (χ3n) is 3.12. The Morgan fingerprint density at radius 1 is 1.11 bits per heavy atom. The van der Waals surface area contributed by atoms with Crippen LogP contribution in [0.25, 0.3) is 0 Å². The lowest BCUT2D eigenvalue weighted by atomic mass is 10.1. The van der Waals surface area contributed by atoms with Gasteiger partial charge < -0.3 is 9.90 Å². The van der Waals surface area contributed by atoms with E-state index in [1.165, 1.54) is 13.8 Å². The second-order valence-corrected chi connectivity index (χ2v) is 4.72. The van der Waals surface area contributed by atoms with E-state index in [1.807, 2.05) is 0 Å². The number of carboxylic acid groups (broad SMARTS) is 1. The summed E-state index contributed by atoms with van der Waals surface area (Å²) in [6.07, 6.45) is -11.2. The lowest BCUT2D eigenvalue weighted by molar-refractivity contribution is -0.309. The predicted octanol–water partition coefficient (Wildman–Crippen LogP) is 2.06. The van der Waals surface area contributed by atoms with Crippen LogP contribution in [0, 0.1) is 17.3 Å². The molecule has 0 saturated heterocycles. The van der Waals surface area contributed by atoms with Crippen molar-refractivity contribution in [3.8, 4) is 0 Å². The minimum atomic E-state index is -5.56. The molecule has 1 aliphatic rings. The summed E-state index contributed by atoms with van der Waals surface area (Å²) in [5.74, 6) is -4.32. The zero-order valence-corrected chi connectivity index (χ0v) is 9.32. The summed E-state index contributed by atoms with van der Waals surface area (Å²) in [4.78, 5) is 10.6. The summed E-state index contributed by atoms with van der Waals surface area (Å²) in [5.41, 5.74) is -3.84. The third-order valence-corrected chi connectivity index (χ3v) is 3.12. The first-order chi connectivity index (χ1) is 7.79. The highest BCUT2D eigenvalue weighted by Gasteiger charge is 2.60. The number of hydrogen-bond donors (Lipinski definition) is 0. The number of carbonyl (C=O) groups is 1. The maximum absolute atomic E-state index is 12.2. The molecule has 0 heterocycles. The molecule has 1 rings (SSSR count). The molecule has 0 spiro atoms. The van der Waals surface area contributed by atoms with Crippen LogP contribution in [0.15, 0.2) is 11.6 Å². The van der Waals surface area contributed by atoms with Gasteiger partial charge in [-0.1, -0.05) is 19.9 Å². The van der Waals surface area contributed by atoms with Crippen molar-refractivity contribution in [2.24, 2.45) is 17.3 Å². The minimum absolute atomic E-state index is 0.0551. The summed E-state index contributed by atoms with van der Waals surface area (Å²) in [6.45, 7) is 2.55. The fourth-order valence-corrected chi connectivity index (χ4v) is 1.97. The molecule has 8 heteroatoms. The van der Waals surface area contributed by atoms with E-state index >= 15 is 0 Å². The molecule has 1 saturated carbocycles. The Morgan fingerprint density at radius 2 is 1.50 bits per heavy atom. The normalized spacial score (nSPS) is 26.7. The predicted molar refractivity (Wildman–Crippen MR) is 46.0 cm³/mol. The SMILES string of the molecule is CC1(C)[C@@H](C=C(C(F)(F)F)C(F)(F)F)[C@@H]1C(=O)[O-]. The Bertz CT molecular complexity index is 374. The standard InChI is InChI=1S/C10H10F6O2/c1-8(2)4(6(8)7(17)18)3-5(9(11,12)13)10(14,15)16/h3-4,6H,1-2H3,(H,17,18)/p-1/t4-,6+/m0/s1. The highest BCUT2D eigenvalue weighted by Crippen LogP contribution is 2.60. The highest BCUT2D eigenvalue weighted by atomic mass is 19.4. The zero-order valence-electron chi connectivity index (χ0n) is 9.32. The zero-order chi connectivity index (χ0) is 14.5. The average Bonchev–Trinajstić information content (AvgIpc) is 2.59. The number of allylic oxidation sites excluding steroid dienone is 2. The van der Waals surface area contributed by atoms with Crippen molar-refractivity contribution in [1.29, 1.82) is 0 Å². The van der Waals surface area contributed by atoms with Crippen molar-refractivity contribution in [3.05, 3.63) is 11.6 Å². The molecule has 1 aliphatic carbocycles. The topological polar surface area (TPSA) is 40.1 Å². The van der Waals surface area contributed by atoms with Crippen LogP contribution in [0.3, 0.4) is 0 Å². The van der Waals surface area contributed by atoms with Crippen molar-refractivity contribution in [2.45, 2.75) is 26.2 Å². The van der Waals surface area contributed by atoms with Gasteiger partial charge in [0.1, 0.15) is 5.57 Å². The maximum atomic E-state index is 12.2. The van der Waals surface area contributed by atoms with Gasteiger partial charge in [0.2, 0.25) is 0 Å². The number of halogens is 6. The Balaban J connectivity index is 3.11. The quantitative estimate of drug-likeness (QED) is 0.571. The monoisotopic (exact) mass is 275 g/mol. The molecule has 0 aliphatic heterocycles. The molecule has 0 unspecified atom stereocenters. The second-order valence-electron chi connectivity index (χ2n) is 4.72. The largest absolute Gasteiger partial charge is 0.550 e. The van der Waals surface area contributed by atoms with Gasteiger partial charge in [0.25, 0.3) is 0 Å². The Labute approximate surface area is 98.3 Å². The number of carbonyl (C=O) groups excluding carboxylic acids is 1. The number of rotatable bonds is 2. The summed E-state index contributed by atoms with van der Waals surface area (Å²) < 4.78 is 73.4. The first-order valence-corrected chi connectivity index (χ1v) is 4.86. The molecule has 0 bridgehead atoms. The first-order valence-electron chi connectivity index (χ1n) is 4.86. The van der Waals surface area contributed by atoms with E-state index in [9.17, 15) is 36.2 Å². The van der Waals surface area contributed by atoms with Crippen molar-refractivity contribution < 1.29 is 36.2 Å². The average molecular weight is 275 g/mol. The summed E-state index contributed by atoms with van der Waals surface area (Å²) in [7, 11) is 0. The molecule has 0 aromatic carbocycles. The summed E-state index contributed by atoms with van der Waals surface area (Å²) in [6, 6.07) is 0. The van der Waals surface area contributed by atoms with Gasteiger partial charge in [0.05, 0.1) is 0 Å². The molecule has 2 nitrogen and oxygen atoms in total. The molecule has 0 radical (unpaired) electrons. The van der Waals surface area contributed by atoms with Gasteiger partial charge in [-0.2, -0.15) is 26.3 Å². The minimum Gasteiger partial charge on any atom is -0.550 e. The van der Waals surface area contributed by atoms with Crippen molar-refractivity contribution in [2.75, 3.05) is 0 Å². The van der Waals surface area contributed by atoms with Crippen molar-refractivity contribution >= 4 is 5.97 Å². The van der Waals surface area contributed by atoms with Crippen LogP contribution in [-0.4, -0.2) is 18.3 Å². The molecule has 0 amide bonds. The van der Waals surface area contributed by atoms with E-state index in [0.717, 1.165) is 0 Å². The van der Waals surface area contributed by atoms with Gasteiger partial charge >= 0.3 is 12.4 Å². The van der Waals surface area contributed by atoms with E-state index in [0.29, 0.717) is 0 Å². The first kappa shape index (κ1) is 14.8. The van der Waals surface area contributed by atoms with E-state index in [1.54, 1.807) is 0 Å². The summed E-state index contributed by atoms with van der Waals surface area (Å²) in [5, 5.41) is 10.6. The molecule has 0 aromatic rings. The Hall–Kier alpha value is -1.21. The van der Waals surface area contributed by atoms with Crippen LogP contribution in [0.2, 0.25) is 0 Å². The van der Waals surface area contributed by atoms with Crippen LogP contribution in [0.1, 0.15) is 13.8 Å². The molecule has 104 valence electrons. The second kappa shape index (κ2) is 3.89. The van der Waals surface area contributed by atoms with Crippen molar-refractivity contribution in [1.82, 2.24) is 0 Å².